The van der Waals surface area contributed by atoms with Gasteiger partial charge in [-0.15, -0.1) is 0 Å². The maximum atomic E-state index is 13.2. The molecule has 37 heteroatoms. The van der Waals surface area contributed by atoms with Crippen LogP contribution in [-0.2, 0) is 173 Å². The fourth-order valence-electron chi connectivity index (χ4n) is 10.7. The number of carbonyl (C=O) groups excluding carboxylic acids is 5. The molecule has 0 aliphatic rings. The molecule has 37 nitrogen and oxygen atoms in total. The normalized spacial score (nSPS) is 11.9. The molecule has 0 aliphatic carbocycles. The highest BCUT2D eigenvalue weighted by Crippen LogP contribution is 2.17. The molecule has 0 radical (unpaired) electrons. The van der Waals surface area contributed by atoms with E-state index in [2.05, 4.69) is 29.8 Å². The Balaban J connectivity index is 0.000000688. The fourth-order valence-corrected chi connectivity index (χ4v) is 10.7. The number of alkyl carbamates (subject to hydrolysis) is 1. The molecule has 0 saturated heterocycles. The fraction of sp³-hybridized carbons (Fsp3) is 0.695. The van der Waals surface area contributed by atoms with Gasteiger partial charge in [-0.05, 0) is 80.1 Å². The molecule has 0 fully saturated rings. The lowest BCUT2D eigenvalue weighted by molar-refractivity contribution is -0.149. The zero-order valence-electron chi connectivity index (χ0n) is 79.0. The number of ether oxygens (including phenoxy) is 28. The SMILES string of the molecule is CCCOCCOCCOCCOCCOCCOCCOCCOCCOCCOCCOCCOCCC(=O)N[C@@H](Cc1ccc(O)cc1)C(=O)OCc1ccccc1.CCCOCCOCCOCCOCCOCCOCCOCCOCCOCCOCCOCCOCCC(=O)N[C@@H](Cc1ccc(OCCNC(=O)OC(C)(C)C)cc1)C(=O)OCc1ccccc1. The van der Waals surface area contributed by atoms with E-state index >= 15 is 0 Å². The van der Waals surface area contributed by atoms with Crippen molar-refractivity contribution in [2.75, 3.05) is 330 Å². The van der Waals surface area contributed by atoms with Gasteiger partial charge in [-0.25, -0.2) is 14.4 Å². The predicted molar refractivity (Wildman–Crippen MR) is 487 cm³/mol. The second-order valence-electron chi connectivity index (χ2n) is 29.6. The first-order valence-electron chi connectivity index (χ1n) is 46.1. The van der Waals surface area contributed by atoms with Crippen LogP contribution >= 0.6 is 0 Å². The number of hydrogen-bond donors (Lipinski definition) is 4. The van der Waals surface area contributed by atoms with Gasteiger partial charge in [-0.2, -0.15) is 0 Å². The topological polar surface area (TPSA) is 400 Å². The van der Waals surface area contributed by atoms with Crippen LogP contribution in [0, 0.1) is 0 Å². The summed E-state index contributed by atoms with van der Waals surface area (Å²) in [5.41, 5.74) is 2.64. The third-order valence-corrected chi connectivity index (χ3v) is 17.3. The van der Waals surface area contributed by atoms with E-state index in [4.69, 9.17) is 133 Å². The molecular formula is C95H155N3O34. The number of hydrogen-bond acceptors (Lipinski definition) is 34. The number of rotatable bonds is 92. The van der Waals surface area contributed by atoms with Gasteiger partial charge in [0.1, 0.15) is 49.0 Å². The number of benzene rings is 4. The van der Waals surface area contributed by atoms with Crippen molar-refractivity contribution in [3.05, 3.63) is 131 Å². The second-order valence-corrected chi connectivity index (χ2v) is 29.6. The summed E-state index contributed by atoms with van der Waals surface area (Å²) in [6, 6.07) is 30.4. The van der Waals surface area contributed by atoms with Crippen molar-refractivity contribution in [1.29, 1.82) is 0 Å². The first kappa shape index (κ1) is 119. The van der Waals surface area contributed by atoms with Gasteiger partial charge in [0.2, 0.25) is 11.8 Å². The molecule has 4 N–H and O–H groups in total. The summed E-state index contributed by atoms with van der Waals surface area (Å²) in [5, 5.41) is 17.8. The first-order valence-corrected chi connectivity index (χ1v) is 46.1. The van der Waals surface area contributed by atoms with Crippen LogP contribution in [0.5, 0.6) is 11.5 Å². The van der Waals surface area contributed by atoms with E-state index in [0.29, 0.717) is 296 Å². The Labute approximate surface area is 781 Å². The van der Waals surface area contributed by atoms with E-state index in [-0.39, 0.29) is 82.8 Å². The smallest absolute Gasteiger partial charge is 0.407 e. The van der Waals surface area contributed by atoms with Gasteiger partial charge < -0.3 is 154 Å². The van der Waals surface area contributed by atoms with Crippen LogP contribution in [0.3, 0.4) is 0 Å². The van der Waals surface area contributed by atoms with Crippen molar-refractivity contribution in [3.63, 3.8) is 0 Å². The Bertz CT molecular complexity index is 3250. The van der Waals surface area contributed by atoms with Crippen LogP contribution in [0.25, 0.3) is 0 Å². The van der Waals surface area contributed by atoms with E-state index in [1.165, 1.54) is 12.1 Å². The van der Waals surface area contributed by atoms with Crippen molar-refractivity contribution in [2.45, 2.75) is 104 Å². The predicted octanol–water partition coefficient (Wildman–Crippen LogP) is 7.52. The lowest BCUT2D eigenvalue weighted by Crippen LogP contribution is -2.43. The molecule has 0 unspecified atom stereocenters. The maximum absolute atomic E-state index is 13.2. The van der Waals surface area contributed by atoms with Gasteiger partial charge in [0.05, 0.1) is 310 Å². The van der Waals surface area contributed by atoms with Crippen LogP contribution in [0.4, 0.5) is 4.79 Å². The largest absolute Gasteiger partial charge is 0.508 e. The third kappa shape index (κ3) is 77.9. The zero-order valence-corrected chi connectivity index (χ0v) is 79.0. The van der Waals surface area contributed by atoms with Crippen LogP contribution < -0.4 is 20.7 Å². The van der Waals surface area contributed by atoms with E-state index in [1.807, 2.05) is 72.8 Å². The molecule has 4 rings (SSSR count). The molecule has 0 aromatic heterocycles. The minimum absolute atomic E-state index is 0.0473. The lowest BCUT2D eigenvalue weighted by Gasteiger charge is -2.19. The van der Waals surface area contributed by atoms with Gasteiger partial charge in [-0.1, -0.05) is 98.8 Å². The summed E-state index contributed by atoms with van der Waals surface area (Å²) < 4.78 is 154. The van der Waals surface area contributed by atoms with Gasteiger partial charge >= 0.3 is 18.0 Å². The van der Waals surface area contributed by atoms with Crippen molar-refractivity contribution >= 4 is 29.8 Å². The number of nitrogens with one attached hydrogen (secondary N) is 3. The highest BCUT2D eigenvalue weighted by molar-refractivity contribution is 5.85. The summed E-state index contributed by atoms with van der Waals surface area (Å²) in [4.78, 5) is 63.4. The molecule has 132 heavy (non-hydrogen) atoms. The highest BCUT2D eigenvalue weighted by atomic mass is 16.6. The molecule has 0 saturated carbocycles. The van der Waals surface area contributed by atoms with Crippen molar-refractivity contribution < 1.29 is 162 Å². The van der Waals surface area contributed by atoms with Crippen molar-refractivity contribution in [1.82, 2.24) is 16.0 Å². The monoisotopic (exact) mass is 1880 g/mol. The Morgan fingerprint density at radius 2 is 0.508 bits per heavy atom. The standard InChI is InChI=1S/C51H84N2O18.C44H71NO16/c1-5-17-57-20-22-59-24-26-61-28-30-63-32-34-65-36-38-67-40-41-68-39-37-66-35-33-64-31-29-62-27-25-60-23-21-58-18-15-48(54)53-47(49(55)70-43-45-9-7-6-8-10-45)42-44-11-13-46(14-12-44)69-19-16-52-50(56)71-51(2,3)4;1-2-13-49-15-17-51-19-21-53-23-25-55-27-29-57-31-33-59-35-36-60-34-32-58-30-28-56-26-24-54-22-20-52-18-16-50-14-12-43(47)45-42(37-39-8-10-41(46)11-9-39)44(48)61-38-40-6-4-3-5-7-40/h6-14,47H,5,15-43H2,1-4H3,(H,52,56)(H,53,54);3-11,42,46H,2,12-38H2,1H3,(H,45,47)/t47-;42-/m00/s1. The van der Waals surface area contributed by atoms with Crippen molar-refractivity contribution in [3.8, 4) is 11.5 Å². The third-order valence-electron chi connectivity index (χ3n) is 17.3. The number of phenolic OH excluding ortho intramolecular Hbond substituents is 1. The van der Waals surface area contributed by atoms with Crippen LogP contribution in [-0.4, -0.2) is 383 Å². The highest BCUT2D eigenvalue weighted by Gasteiger charge is 2.25. The summed E-state index contributed by atoms with van der Waals surface area (Å²) in [6.07, 6.45) is 2.04. The molecule has 0 spiro atoms. The molecule has 0 bridgehead atoms. The van der Waals surface area contributed by atoms with Crippen LogP contribution in [0.1, 0.15) is 82.6 Å². The van der Waals surface area contributed by atoms with Gasteiger partial charge in [-0.3, -0.25) is 9.59 Å². The summed E-state index contributed by atoms with van der Waals surface area (Å²) in [5.74, 6) is -1.09. The zero-order chi connectivity index (χ0) is 94.7. The average Bonchev–Trinajstić information content (AvgIpc) is 0.915. The molecule has 4 aromatic rings. The van der Waals surface area contributed by atoms with E-state index in [0.717, 1.165) is 48.3 Å². The minimum Gasteiger partial charge on any atom is -0.508 e. The molecule has 3 amide bonds. The van der Waals surface area contributed by atoms with Crippen LogP contribution in [0.15, 0.2) is 109 Å². The summed E-state index contributed by atoms with van der Waals surface area (Å²) in [6.45, 7) is 32.9. The number of amides is 3. The Kier molecular flexibility index (Phi) is 80.0. The van der Waals surface area contributed by atoms with E-state index < -0.39 is 35.7 Å². The Morgan fingerprint density at radius 1 is 0.280 bits per heavy atom. The summed E-state index contributed by atoms with van der Waals surface area (Å²) in [7, 11) is 0. The van der Waals surface area contributed by atoms with Crippen molar-refractivity contribution in [2.24, 2.45) is 0 Å². The number of aromatic hydroxyl groups is 1. The van der Waals surface area contributed by atoms with Gasteiger partial charge in [0, 0.05) is 38.9 Å². The molecular weight excluding hydrogens is 1730 g/mol. The lowest BCUT2D eigenvalue weighted by atomic mass is 10.1. The maximum Gasteiger partial charge on any atom is 0.407 e. The molecule has 754 valence electrons. The minimum atomic E-state index is -0.924. The van der Waals surface area contributed by atoms with Gasteiger partial charge in [0.25, 0.3) is 0 Å². The number of carbonyl (C=O) groups is 5. The molecule has 0 aliphatic heterocycles. The second kappa shape index (κ2) is 88.9. The quantitative estimate of drug-likeness (QED) is 0.0188. The Hall–Kier alpha value is -7.33. The summed E-state index contributed by atoms with van der Waals surface area (Å²) >= 11 is 0. The first-order chi connectivity index (χ1) is 64.7. The van der Waals surface area contributed by atoms with E-state index in [9.17, 15) is 29.1 Å². The Morgan fingerprint density at radius 3 is 0.742 bits per heavy atom. The molecule has 4 aromatic carbocycles. The molecule has 0 heterocycles. The van der Waals surface area contributed by atoms with E-state index in [1.54, 1.807) is 45.0 Å². The van der Waals surface area contributed by atoms with Gasteiger partial charge in [0.15, 0.2) is 0 Å². The number of esters is 2. The molecule has 2 atom stereocenters. The number of phenols is 1. The van der Waals surface area contributed by atoms with Crippen LogP contribution in [0.2, 0.25) is 0 Å². The average molecular weight is 1880 g/mol.